The van der Waals surface area contributed by atoms with E-state index < -0.39 is 0 Å². The van der Waals surface area contributed by atoms with E-state index in [1.807, 2.05) is 0 Å². The minimum Gasteiger partial charge on any atom is -0.352 e. The summed E-state index contributed by atoms with van der Waals surface area (Å²) in [6.45, 7) is 0.309. The van der Waals surface area contributed by atoms with Crippen LogP contribution >= 0.6 is 0 Å². The third-order valence-electron chi connectivity index (χ3n) is 2.49. The van der Waals surface area contributed by atoms with Gasteiger partial charge in [0.15, 0.2) is 5.96 Å². The SMILES string of the molecule is CN=C(NCC(=O)NC1CC1)NCC(=O)N(C)C. The van der Waals surface area contributed by atoms with Crippen LogP contribution in [0.3, 0.4) is 0 Å². The van der Waals surface area contributed by atoms with Gasteiger partial charge in [0.2, 0.25) is 11.8 Å². The molecule has 0 aliphatic heterocycles. The Balaban J connectivity index is 2.20. The average Bonchev–Trinajstić information content (AvgIpc) is 3.12. The summed E-state index contributed by atoms with van der Waals surface area (Å²) in [6, 6.07) is 0.351. The van der Waals surface area contributed by atoms with Crippen molar-refractivity contribution >= 4 is 17.8 Å². The molecule has 0 radical (unpaired) electrons. The fraction of sp³-hybridized carbons (Fsp3) is 0.727. The molecule has 0 saturated heterocycles. The van der Waals surface area contributed by atoms with Crippen molar-refractivity contribution in [3.8, 4) is 0 Å². The first-order valence-electron chi connectivity index (χ1n) is 5.97. The lowest BCUT2D eigenvalue weighted by Gasteiger charge is -2.14. The smallest absolute Gasteiger partial charge is 0.241 e. The van der Waals surface area contributed by atoms with Crippen molar-refractivity contribution in [2.75, 3.05) is 34.2 Å². The van der Waals surface area contributed by atoms with E-state index >= 15 is 0 Å². The molecule has 0 aromatic heterocycles. The minimum atomic E-state index is -0.0561. The Hall–Kier alpha value is -1.79. The quantitative estimate of drug-likeness (QED) is 0.413. The van der Waals surface area contributed by atoms with Crippen LogP contribution in [0.25, 0.3) is 0 Å². The monoisotopic (exact) mass is 255 g/mol. The van der Waals surface area contributed by atoms with Gasteiger partial charge in [-0.1, -0.05) is 0 Å². The lowest BCUT2D eigenvalue weighted by atomic mass is 10.5. The summed E-state index contributed by atoms with van der Waals surface area (Å²) in [4.78, 5) is 28.2. The molecule has 0 aromatic rings. The summed E-state index contributed by atoms with van der Waals surface area (Å²) >= 11 is 0. The molecule has 18 heavy (non-hydrogen) atoms. The van der Waals surface area contributed by atoms with Gasteiger partial charge >= 0.3 is 0 Å². The minimum absolute atomic E-state index is 0.0552. The van der Waals surface area contributed by atoms with Crippen LogP contribution in [0.5, 0.6) is 0 Å². The fourth-order valence-corrected chi connectivity index (χ4v) is 1.21. The van der Waals surface area contributed by atoms with Crippen LogP contribution in [0.15, 0.2) is 4.99 Å². The van der Waals surface area contributed by atoms with Gasteiger partial charge in [-0.25, -0.2) is 0 Å². The molecular weight excluding hydrogens is 234 g/mol. The van der Waals surface area contributed by atoms with E-state index in [1.165, 1.54) is 4.90 Å². The standard InChI is InChI=1S/C11H21N5O2/c1-12-11(14-7-10(18)16(2)3)13-6-9(17)15-8-4-5-8/h8H,4-7H2,1-3H3,(H,15,17)(H2,12,13,14). The molecule has 0 heterocycles. The first kappa shape index (κ1) is 14.3. The number of amides is 2. The van der Waals surface area contributed by atoms with Gasteiger partial charge in [0.25, 0.3) is 0 Å². The molecule has 0 unspecified atom stereocenters. The summed E-state index contributed by atoms with van der Waals surface area (Å²) in [7, 11) is 4.96. The molecule has 7 heteroatoms. The Morgan fingerprint density at radius 1 is 1.22 bits per heavy atom. The van der Waals surface area contributed by atoms with Crippen LogP contribution in [0.2, 0.25) is 0 Å². The number of aliphatic imine (C=N–C) groups is 1. The van der Waals surface area contributed by atoms with Gasteiger partial charge < -0.3 is 20.9 Å². The maximum absolute atomic E-state index is 11.4. The van der Waals surface area contributed by atoms with E-state index in [1.54, 1.807) is 21.1 Å². The predicted molar refractivity (Wildman–Crippen MR) is 69.2 cm³/mol. The number of guanidine groups is 1. The van der Waals surface area contributed by atoms with Crippen LogP contribution in [0.1, 0.15) is 12.8 Å². The second-order valence-electron chi connectivity index (χ2n) is 4.41. The van der Waals surface area contributed by atoms with E-state index in [2.05, 4.69) is 20.9 Å². The molecule has 1 aliphatic rings. The predicted octanol–water partition coefficient (Wildman–Crippen LogP) is -1.48. The largest absolute Gasteiger partial charge is 0.352 e. The molecule has 1 saturated carbocycles. The molecule has 0 aromatic carbocycles. The number of hydrogen-bond acceptors (Lipinski definition) is 3. The van der Waals surface area contributed by atoms with Gasteiger partial charge in [0, 0.05) is 27.2 Å². The van der Waals surface area contributed by atoms with Crippen molar-refractivity contribution in [2.45, 2.75) is 18.9 Å². The number of nitrogens with zero attached hydrogens (tertiary/aromatic N) is 2. The molecule has 2 amide bonds. The molecule has 1 rings (SSSR count). The second-order valence-corrected chi connectivity index (χ2v) is 4.41. The Kier molecular flexibility index (Phi) is 5.41. The maximum atomic E-state index is 11.4. The van der Waals surface area contributed by atoms with E-state index in [0.717, 1.165) is 12.8 Å². The Morgan fingerprint density at radius 2 is 1.83 bits per heavy atom. The lowest BCUT2D eigenvalue weighted by Crippen LogP contribution is -2.46. The normalized spacial score (nSPS) is 14.9. The zero-order valence-electron chi connectivity index (χ0n) is 11.1. The zero-order chi connectivity index (χ0) is 13.5. The van der Waals surface area contributed by atoms with Crippen molar-refractivity contribution in [3.05, 3.63) is 0 Å². The summed E-state index contributed by atoms with van der Waals surface area (Å²) in [5.41, 5.74) is 0. The first-order chi connectivity index (χ1) is 8.52. The van der Waals surface area contributed by atoms with Crippen molar-refractivity contribution in [3.63, 3.8) is 0 Å². The third-order valence-corrected chi connectivity index (χ3v) is 2.49. The van der Waals surface area contributed by atoms with Crippen LogP contribution < -0.4 is 16.0 Å². The first-order valence-corrected chi connectivity index (χ1v) is 5.97. The summed E-state index contributed by atoms with van der Waals surface area (Å²) < 4.78 is 0. The summed E-state index contributed by atoms with van der Waals surface area (Å²) in [5, 5.41) is 8.55. The van der Waals surface area contributed by atoms with Crippen LogP contribution in [0, 0.1) is 0 Å². The van der Waals surface area contributed by atoms with Crippen molar-refractivity contribution < 1.29 is 9.59 Å². The highest BCUT2D eigenvalue weighted by Gasteiger charge is 2.22. The Bertz CT molecular complexity index is 336. The number of carbonyl (C=O) groups excluding carboxylic acids is 2. The third kappa shape index (κ3) is 5.51. The van der Waals surface area contributed by atoms with Gasteiger partial charge in [0.1, 0.15) is 0 Å². The van der Waals surface area contributed by atoms with Gasteiger partial charge in [-0.05, 0) is 12.8 Å². The number of nitrogens with one attached hydrogen (secondary N) is 3. The highest BCUT2D eigenvalue weighted by atomic mass is 16.2. The number of carbonyl (C=O) groups is 2. The van der Waals surface area contributed by atoms with Crippen molar-refractivity contribution in [1.82, 2.24) is 20.9 Å². The van der Waals surface area contributed by atoms with E-state index in [9.17, 15) is 9.59 Å². The highest BCUT2D eigenvalue weighted by Crippen LogP contribution is 2.18. The van der Waals surface area contributed by atoms with Crippen LogP contribution in [-0.4, -0.2) is 62.9 Å². The Labute approximate surface area is 107 Å². The topological polar surface area (TPSA) is 85.8 Å². The molecule has 0 atom stereocenters. The molecule has 1 fully saturated rings. The van der Waals surface area contributed by atoms with Crippen LogP contribution in [-0.2, 0) is 9.59 Å². The lowest BCUT2D eigenvalue weighted by molar-refractivity contribution is -0.127. The fourth-order valence-electron chi connectivity index (χ4n) is 1.21. The van der Waals surface area contributed by atoms with E-state index in [-0.39, 0.29) is 24.9 Å². The molecule has 7 nitrogen and oxygen atoms in total. The molecule has 0 spiro atoms. The molecule has 1 aliphatic carbocycles. The molecule has 3 N–H and O–H groups in total. The number of rotatable bonds is 5. The van der Waals surface area contributed by atoms with E-state index in [4.69, 9.17) is 0 Å². The van der Waals surface area contributed by atoms with Gasteiger partial charge in [-0.3, -0.25) is 14.6 Å². The highest BCUT2D eigenvalue weighted by molar-refractivity contribution is 5.89. The zero-order valence-corrected chi connectivity index (χ0v) is 11.1. The molecule has 102 valence electrons. The van der Waals surface area contributed by atoms with Gasteiger partial charge in [-0.2, -0.15) is 0 Å². The molecular formula is C11H21N5O2. The molecule has 0 bridgehead atoms. The summed E-state index contributed by atoms with van der Waals surface area (Å²) in [6.07, 6.45) is 2.13. The average molecular weight is 255 g/mol. The number of hydrogen-bond donors (Lipinski definition) is 3. The second kappa shape index (κ2) is 6.83. The summed E-state index contributed by atoms with van der Waals surface area (Å²) in [5.74, 6) is 0.330. The van der Waals surface area contributed by atoms with E-state index in [0.29, 0.717) is 12.0 Å². The van der Waals surface area contributed by atoms with Crippen molar-refractivity contribution in [2.24, 2.45) is 4.99 Å². The Morgan fingerprint density at radius 3 is 2.33 bits per heavy atom. The van der Waals surface area contributed by atoms with Crippen molar-refractivity contribution in [1.29, 1.82) is 0 Å². The van der Waals surface area contributed by atoms with Gasteiger partial charge in [-0.15, -0.1) is 0 Å². The van der Waals surface area contributed by atoms with Crippen LogP contribution in [0.4, 0.5) is 0 Å². The number of likely N-dealkylation sites (N-methyl/N-ethyl adjacent to an activating group) is 1. The maximum Gasteiger partial charge on any atom is 0.241 e. The van der Waals surface area contributed by atoms with Gasteiger partial charge in [0.05, 0.1) is 13.1 Å².